The smallest absolute Gasteiger partial charge is 0.123 e. The number of rotatable bonds is 3. The Kier molecular flexibility index (Phi) is 3.20. The van der Waals surface area contributed by atoms with Gasteiger partial charge in [-0.25, -0.2) is 4.39 Å². The van der Waals surface area contributed by atoms with E-state index in [4.69, 9.17) is 4.74 Å². The van der Waals surface area contributed by atoms with Gasteiger partial charge in [0.1, 0.15) is 11.6 Å². The minimum atomic E-state index is -0.213. The summed E-state index contributed by atoms with van der Waals surface area (Å²) in [4.78, 5) is 0. The van der Waals surface area contributed by atoms with Crippen molar-refractivity contribution in [1.82, 2.24) is 0 Å². The van der Waals surface area contributed by atoms with Gasteiger partial charge in [-0.05, 0) is 42.3 Å². The molecule has 0 bridgehead atoms. The third-order valence-corrected chi connectivity index (χ3v) is 2.34. The van der Waals surface area contributed by atoms with Crippen molar-refractivity contribution < 1.29 is 9.13 Å². The second-order valence-electron chi connectivity index (χ2n) is 3.46. The van der Waals surface area contributed by atoms with E-state index in [1.165, 1.54) is 12.1 Å². The molecule has 0 saturated carbocycles. The van der Waals surface area contributed by atoms with Crippen LogP contribution < -0.4 is 4.74 Å². The van der Waals surface area contributed by atoms with Gasteiger partial charge in [-0.3, -0.25) is 0 Å². The van der Waals surface area contributed by atoms with Crippen molar-refractivity contribution in [3.8, 4) is 16.9 Å². The van der Waals surface area contributed by atoms with Crippen molar-refractivity contribution in [2.75, 3.05) is 6.61 Å². The molecule has 0 unspecified atom stereocenters. The van der Waals surface area contributed by atoms with Crippen molar-refractivity contribution >= 4 is 0 Å². The molecule has 0 saturated heterocycles. The van der Waals surface area contributed by atoms with Crippen LogP contribution in [-0.2, 0) is 0 Å². The Balaban J connectivity index is 2.24. The van der Waals surface area contributed by atoms with E-state index in [2.05, 4.69) is 0 Å². The summed E-state index contributed by atoms with van der Waals surface area (Å²) in [5.74, 6) is 0.642. The van der Waals surface area contributed by atoms with Crippen LogP contribution in [0.15, 0.2) is 48.5 Å². The van der Waals surface area contributed by atoms with E-state index < -0.39 is 0 Å². The first-order valence-corrected chi connectivity index (χ1v) is 5.28. The Hall–Kier alpha value is -1.83. The second kappa shape index (κ2) is 4.79. The third-order valence-electron chi connectivity index (χ3n) is 2.34. The van der Waals surface area contributed by atoms with E-state index in [1.807, 2.05) is 31.2 Å². The molecule has 0 heterocycles. The van der Waals surface area contributed by atoms with Crippen LogP contribution in [0.3, 0.4) is 0 Å². The molecule has 0 aliphatic carbocycles. The Morgan fingerprint density at radius 3 is 1.88 bits per heavy atom. The first-order chi connectivity index (χ1) is 7.79. The molecule has 16 heavy (non-hydrogen) atoms. The van der Waals surface area contributed by atoms with Gasteiger partial charge >= 0.3 is 0 Å². The molecule has 2 rings (SSSR count). The van der Waals surface area contributed by atoms with Crippen LogP contribution in [0.5, 0.6) is 5.75 Å². The number of hydrogen-bond donors (Lipinski definition) is 0. The number of halogens is 1. The van der Waals surface area contributed by atoms with E-state index in [1.54, 1.807) is 12.1 Å². The fraction of sp³-hybridized carbons (Fsp3) is 0.143. The summed E-state index contributed by atoms with van der Waals surface area (Å²) in [5.41, 5.74) is 2.06. The van der Waals surface area contributed by atoms with E-state index in [0.717, 1.165) is 16.9 Å². The molecule has 0 fully saturated rings. The zero-order valence-corrected chi connectivity index (χ0v) is 9.11. The lowest BCUT2D eigenvalue weighted by Gasteiger charge is -2.05. The molecule has 0 N–H and O–H groups in total. The molecule has 1 nitrogen and oxygen atoms in total. The highest BCUT2D eigenvalue weighted by Crippen LogP contribution is 2.22. The van der Waals surface area contributed by atoms with E-state index in [9.17, 15) is 4.39 Å². The van der Waals surface area contributed by atoms with Crippen molar-refractivity contribution in [2.45, 2.75) is 6.92 Å². The Morgan fingerprint density at radius 2 is 1.38 bits per heavy atom. The molecule has 0 aromatic heterocycles. The van der Waals surface area contributed by atoms with Crippen LogP contribution >= 0.6 is 0 Å². The fourth-order valence-corrected chi connectivity index (χ4v) is 1.55. The quantitative estimate of drug-likeness (QED) is 0.756. The Morgan fingerprint density at radius 1 is 0.875 bits per heavy atom. The summed E-state index contributed by atoms with van der Waals surface area (Å²) in [7, 11) is 0. The summed E-state index contributed by atoms with van der Waals surface area (Å²) >= 11 is 0. The lowest BCUT2D eigenvalue weighted by atomic mass is 10.1. The molecule has 2 aromatic rings. The lowest BCUT2D eigenvalue weighted by molar-refractivity contribution is 0.340. The minimum Gasteiger partial charge on any atom is -0.494 e. The van der Waals surface area contributed by atoms with Gasteiger partial charge in [0.2, 0.25) is 0 Å². The van der Waals surface area contributed by atoms with Crippen LogP contribution in [0.25, 0.3) is 11.1 Å². The van der Waals surface area contributed by atoms with Gasteiger partial charge in [0, 0.05) is 0 Å². The maximum Gasteiger partial charge on any atom is 0.123 e. The van der Waals surface area contributed by atoms with Crippen LogP contribution in [0.2, 0.25) is 0 Å². The fourth-order valence-electron chi connectivity index (χ4n) is 1.55. The zero-order chi connectivity index (χ0) is 11.4. The van der Waals surface area contributed by atoms with Gasteiger partial charge in [0.15, 0.2) is 0 Å². The maximum atomic E-state index is 12.7. The molecule has 2 aromatic carbocycles. The maximum absolute atomic E-state index is 12.7. The van der Waals surface area contributed by atoms with Gasteiger partial charge in [-0.1, -0.05) is 24.3 Å². The monoisotopic (exact) mass is 216 g/mol. The summed E-state index contributed by atoms with van der Waals surface area (Å²) in [5, 5.41) is 0. The molecule has 82 valence electrons. The summed E-state index contributed by atoms with van der Waals surface area (Å²) < 4.78 is 18.1. The van der Waals surface area contributed by atoms with E-state index in [0.29, 0.717) is 6.61 Å². The van der Waals surface area contributed by atoms with E-state index >= 15 is 0 Å². The summed E-state index contributed by atoms with van der Waals surface area (Å²) in [6, 6.07) is 14.2. The van der Waals surface area contributed by atoms with Gasteiger partial charge in [-0.2, -0.15) is 0 Å². The highest BCUT2D eigenvalue weighted by Gasteiger charge is 1.98. The van der Waals surface area contributed by atoms with E-state index in [-0.39, 0.29) is 5.82 Å². The molecule has 0 spiro atoms. The number of ether oxygens (including phenoxy) is 1. The van der Waals surface area contributed by atoms with Crippen LogP contribution in [0.1, 0.15) is 6.92 Å². The average Bonchev–Trinajstić information content (AvgIpc) is 2.32. The Bertz CT molecular complexity index is 445. The second-order valence-corrected chi connectivity index (χ2v) is 3.46. The molecular weight excluding hydrogens is 203 g/mol. The first-order valence-electron chi connectivity index (χ1n) is 5.28. The standard InChI is InChI=1S/C14H13FO/c1-2-16-14-9-5-12(6-10-14)11-3-7-13(15)8-4-11/h3-10H,2H2,1H3. The predicted molar refractivity (Wildman–Crippen MR) is 63.0 cm³/mol. The van der Waals surface area contributed by atoms with Crippen molar-refractivity contribution in [2.24, 2.45) is 0 Å². The molecule has 0 aliphatic rings. The van der Waals surface area contributed by atoms with Gasteiger partial charge in [0.25, 0.3) is 0 Å². The topological polar surface area (TPSA) is 9.23 Å². The molecule has 0 aliphatic heterocycles. The lowest BCUT2D eigenvalue weighted by Crippen LogP contribution is -1.90. The predicted octanol–water partition coefficient (Wildman–Crippen LogP) is 3.89. The molecule has 2 heteroatoms. The van der Waals surface area contributed by atoms with Gasteiger partial charge in [-0.15, -0.1) is 0 Å². The average molecular weight is 216 g/mol. The highest BCUT2D eigenvalue weighted by molar-refractivity contribution is 5.63. The molecule has 0 atom stereocenters. The first kappa shape index (κ1) is 10.7. The van der Waals surface area contributed by atoms with Crippen LogP contribution in [0, 0.1) is 5.82 Å². The van der Waals surface area contributed by atoms with Crippen LogP contribution in [-0.4, -0.2) is 6.61 Å². The van der Waals surface area contributed by atoms with Crippen LogP contribution in [0.4, 0.5) is 4.39 Å². The van der Waals surface area contributed by atoms with Crippen molar-refractivity contribution in [3.05, 3.63) is 54.3 Å². The molecule has 0 radical (unpaired) electrons. The normalized spacial score (nSPS) is 10.1. The molecular formula is C14H13FO. The van der Waals surface area contributed by atoms with Gasteiger partial charge in [0.05, 0.1) is 6.61 Å². The van der Waals surface area contributed by atoms with Crippen molar-refractivity contribution in [1.29, 1.82) is 0 Å². The van der Waals surface area contributed by atoms with Crippen molar-refractivity contribution in [3.63, 3.8) is 0 Å². The Labute approximate surface area is 94.5 Å². The summed E-state index contributed by atoms with van der Waals surface area (Å²) in [6.45, 7) is 2.61. The minimum absolute atomic E-state index is 0.213. The highest BCUT2D eigenvalue weighted by atomic mass is 19.1. The number of hydrogen-bond acceptors (Lipinski definition) is 1. The summed E-state index contributed by atoms with van der Waals surface area (Å²) in [6.07, 6.45) is 0. The SMILES string of the molecule is CCOc1ccc(-c2ccc(F)cc2)cc1. The molecule has 0 amide bonds. The number of benzene rings is 2. The third kappa shape index (κ3) is 2.40. The largest absolute Gasteiger partial charge is 0.494 e. The zero-order valence-electron chi connectivity index (χ0n) is 9.11. The van der Waals surface area contributed by atoms with Gasteiger partial charge < -0.3 is 4.74 Å².